The van der Waals surface area contributed by atoms with Crippen LogP contribution in [0.15, 0.2) is 0 Å². The van der Waals surface area contributed by atoms with Gasteiger partial charge < -0.3 is 20.7 Å². The topological polar surface area (TPSA) is 84.7 Å². The molecule has 2 heterocycles. The van der Waals surface area contributed by atoms with E-state index in [4.69, 9.17) is 10.5 Å². The second kappa shape index (κ2) is 5.67. The second-order valence-corrected chi connectivity index (χ2v) is 4.81. The molecule has 2 saturated heterocycles. The van der Waals surface area contributed by atoms with E-state index in [2.05, 4.69) is 5.32 Å². The van der Waals surface area contributed by atoms with Gasteiger partial charge >= 0.3 is 0 Å². The first-order chi connectivity index (χ1) is 8.67. The third-order valence-electron chi connectivity index (χ3n) is 3.65. The van der Waals surface area contributed by atoms with Crippen molar-refractivity contribution in [2.45, 2.75) is 44.4 Å². The van der Waals surface area contributed by atoms with Gasteiger partial charge in [0.25, 0.3) is 5.91 Å². The summed E-state index contributed by atoms with van der Waals surface area (Å²) in [4.78, 5) is 25.7. The zero-order chi connectivity index (χ0) is 13.1. The van der Waals surface area contributed by atoms with Gasteiger partial charge in [-0.05, 0) is 19.3 Å². The summed E-state index contributed by atoms with van der Waals surface area (Å²) in [5, 5.41) is 2.78. The van der Waals surface area contributed by atoms with Crippen LogP contribution in [0.2, 0.25) is 0 Å². The number of amides is 2. The van der Waals surface area contributed by atoms with Crippen LogP contribution in [0.5, 0.6) is 0 Å². The van der Waals surface area contributed by atoms with Gasteiger partial charge in [-0.15, -0.1) is 0 Å². The van der Waals surface area contributed by atoms with Crippen molar-refractivity contribution >= 4 is 11.8 Å². The van der Waals surface area contributed by atoms with Crippen molar-refractivity contribution in [2.75, 3.05) is 19.6 Å². The van der Waals surface area contributed by atoms with Crippen molar-refractivity contribution in [2.24, 2.45) is 5.73 Å². The highest BCUT2D eigenvalue weighted by Crippen LogP contribution is 2.22. The van der Waals surface area contributed by atoms with Gasteiger partial charge in [0.15, 0.2) is 0 Å². The molecule has 0 aromatic rings. The van der Waals surface area contributed by atoms with E-state index < -0.39 is 6.10 Å². The quantitative estimate of drug-likeness (QED) is 0.693. The number of nitrogens with two attached hydrogens (primary N) is 1. The van der Waals surface area contributed by atoms with Crippen molar-refractivity contribution in [3.63, 3.8) is 0 Å². The van der Waals surface area contributed by atoms with Crippen molar-refractivity contribution < 1.29 is 14.3 Å². The maximum atomic E-state index is 12.4. The van der Waals surface area contributed by atoms with E-state index in [0.29, 0.717) is 32.5 Å². The van der Waals surface area contributed by atoms with Crippen molar-refractivity contribution in [3.05, 3.63) is 0 Å². The summed E-state index contributed by atoms with van der Waals surface area (Å²) < 4.78 is 5.61. The molecular formula is C12H21N3O3. The van der Waals surface area contributed by atoms with E-state index in [1.165, 1.54) is 0 Å². The standard InChI is InChI=1S/C12H21N3O3/c1-2-9-11(16)14-5-6-15(9)12(17)10-4-3-8(7-13)18-10/h8-10H,2-7,13H2,1H3,(H,14,16)/t8-,9?,10+/m1/s1. The maximum absolute atomic E-state index is 12.4. The van der Waals surface area contributed by atoms with Gasteiger partial charge in [-0.2, -0.15) is 0 Å². The van der Waals surface area contributed by atoms with Crippen LogP contribution in [0.3, 0.4) is 0 Å². The highest BCUT2D eigenvalue weighted by molar-refractivity contribution is 5.90. The van der Waals surface area contributed by atoms with Gasteiger partial charge in [-0.1, -0.05) is 6.92 Å². The lowest BCUT2D eigenvalue weighted by atomic mass is 10.1. The number of nitrogens with zero attached hydrogens (tertiary/aromatic N) is 1. The Hall–Kier alpha value is -1.14. The fraction of sp³-hybridized carbons (Fsp3) is 0.833. The molecule has 18 heavy (non-hydrogen) atoms. The Balaban J connectivity index is 2.01. The Labute approximate surface area is 107 Å². The normalized spacial score (nSPS) is 32.4. The number of hydrogen-bond acceptors (Lipinski definition) is 4. The summed E-state index contributed by atoms with van der Waals surface area (Å²) >= 11 is 0. The van der Waals surface area contributed by atoms with Crippen LogP contribution < -0.4 is 11.1 Å². The molecule has 3 N–H and O–H groups in total. The lowest BCUT2D eigenvalue weighted by Crippen LogP contribution is -2.58. The lowest BCUT2D eigenvalue weighted by molar-refractivity contribution is -0.151. The Morgan fingerprint density at radius 1 is 1.56 bits per heavy atom. The Morgan fingerprint density at radius 3 is 2.94 bits per heavy atom. The molecule has 2 fully saturated rings. The molecule has 102 valence electrons. The zero-order valence-corrected chi connectivity index (χ0v) is 10.7. The van der Waals surface area contributed by atoms with Crippen LogP contribution in [0.25, 0.3) is 0 Å². The van der Waals surface area contributed by atoms with Gasteiger partial charge in [0, 0.05) is 19.6 Å². The van der Waals surface area contributed by atoms with Gasteiger partial charge in [-0.25, -0.2) is 0 Å². The van der Waals surface area contributed by atoms with E-state index in [1.54, 1.807) is 4.90 Å². The number of carbonyl (C=O) groups excluding carboxylic acids is 2. The Morgan fingerprint density at radius 2 is 2.33 bits per heavy atom. The molecule has 1 unspecified atom stereocenters. The van der Waals surface area contributed by atoms with Crippen LogP contribution in [0, 0.1) is 0 Å². The number of rotatable bonds is 3. The van der Waals surface area contributed by atoms with E-state index in [-0.39, 0.29) is 24.0 Å². The predicted octanol–water partition coefficient (Wildman–Crippen LogP) is -0.770. The summed E-state index contributed by atoms with van der Waals surface area (Å²) in [5.74, 6) is -0.127. The highest BCUT2D eigenvalue weighted by atomic mass is 16.5. The molecule has 6 heteroatoms. The monoisotopic (exact) mass is 255 g/mol. The zero-order valence-electron chi connectivity index (χ0n) is 10.7. The number of piperazine rings is 1. The number of nitrogens with one attached hydrogen (secondary N) is 1. The van der Waals surface area contributed by atoms with Gasteiger partial charge in [-0.3, -0.25) is 9.59 Å². The van der Waals surface area contributed by atoms with Crippen molar-refractivity contribution in [1.29, 1.82) is 0 Å². The fourth-order valence-electron chi connectivity index (χ4n) is 2.63. The van der Waals surface area contributed by atoms with Crippen LogP contribution in [-0.4, -0.2) is 54.6 Å². The first-order valence-corrected chi connectivity index (χ1v) is 6.61. The minimum atomic E-state index is -0.418. The first kappa shape index (κ1) is 13.3. The van der Waals surface area contributed by atoms with E-state index in [0.717, 1.165) is 6.42 Å². The van der Waals surface area contributed by atoms with Crippen molar-refractivity contribution in [1.82, 2.24) is 10.2 Å². The third-order valence-corrected chi connectivity index (χ3v) is 3.65. The molecule has 2 aliphatic heterocycles. The summed E-state index contributed by atoms with van der Waals surface area (Å²) in [6.07, 6.45) is 1.72. The Bertz CT molecular complexity index is 335. The van der Waals surface area contributed by atoms with E-state index in [1.807, 2.05) is 6.92 Å². The summed E-state index contributed by atoms with van der Waals surface area (Å²) in [6, 6.07) is -0.355. The molecule has 0 aromatic carbocycles. The molecule has 6 nitrogen and oxygen atoms in total. The maximum Gasteiger partial charge on any atom is 0.252 e. The minimum absolute atomic E-state index is 0.0161. The molecular weight excluding hydrogens is 234 g/mol. The molecule has 2 amide bonds. The third kappa shape index (κ3) is 2.49. The summed E-state index contributed by atoms with van der Waals surface area (Å²) in [7, 11) is 0. The van der Waals surface area contributed by atoms with E-state index >= 15 is 0 Å². The highest BCUT2D eigenvalue weighted by Gasteiger charge is 2.38. The average Bonchev–Trinajstić information content (AvgIpc) is 2.86. The predicted molar refractivity (Wildman–Crippen MR) is 65.8 cm³/mol. The van der Waals surface area contributed by atoms with Crippen molar-refractivity contribution in [3.8, 4) is 0 Å². The summed E-state index contributed by atoms with van der Waals surface area (Å²) in [5.41, 5.74) is 5.54. The molecule has 2 rings (SSSR count). The van der Waals surface area contributed by atoms with E-state index in [9.17, 15) is 9.59 Å². The van der Waals surface area contributed by atoms with Gasteiger partial charge in [0.05, 0.1) is 6.10 Å². The number of hydrogen-bond donors (Lipinski definition) is 2. The van der Waals surface area contributed by atoms with Gasteiger partial charge in [0.1, 0.15) is 12.1 Å². The molecule has 0 spiro atoms. The van der Waals surface area contributed by atoms with Crippen LogP contribution >= 0.6 is 0 Å². The summed E-state index contributed by atoms with van der Waals surface area (Å²) in [6.45, 7) is 3.44. The molecule has 0 aromatic heterocycles. The number of ether oxygens (including phenoxy) is 1. The molecule has 0 bridgehead atoms. The SMILES string of the molecule is CCC1C(=O)NCCN1C(=O)[C@@H]1CC[C@H](CN)O1. The van der Waals surface area contributed by atoms with Gasteiger partial charge in [0.2, 0.25) is 5.91 Å². The molecule has 3 atom stereocenters. The largest absolute Gasteiger partial charge is 0.364 e. The van der Waals surface area contributed by atoms with Crippen LogP contribution in [0.4, 0.5) is 0 Å². The Kier molecular flexibility index (Phi) is 4.19. The molecule has 0 aliphatic carbocycles. The smallest absolute Gasteiger partial charge is 0.252 e. The molecule has 0 saturated carbocycles. The van der Waals surface area contributed by atoms with Crippen LogP contribution in [-0.2, 0) is 14.3 Å². The first-order valence-electron chi connectivity index (χ1n) is 6.61. The molecule has 0 radical (unpaired) electrons. The minimum Gasteiger partial charge on any atom is -0.364 e. The average molecular weight is 255 g/mol. The number of carbonyl (C=O) groups is 2. The fourth-order valence-corrected chi connectivity index (χ4v) is 2.63. The molecule has 2 aliphatic rings. The van der Waals surface area contributed by atoms with Crippen LogP contribution in [0.1, 0.15) is 26.2 Å². The second-order valence-electron chi connectivity index (χ2n) is 4.81. The lowest BCUT2D eigenvalue weighted by Gasteiger charge is -2.35.